The highest BCUT2D eigenvalue weighted by Gasteiger charge is 2.24. The molecular formula is C33H48O2. The number of hydrogen-bond donors (Lipinski definition) is 0. The Morgan fingerprint density at radius 1 is 0.800 bits per heavy atom. The number of rotatable bonds is 14. The van der Waals surface area contributed by atoms with E-state index in [1.54, 1.807) is 0 Å². The van der Waals surface area contributed by atoms with Gasteiger partial charge in [0.15, 0.2) is 0 Å². The first-order valence-corrected chi connectivity index (χ1v) is 14.5. The second kappa shape index (κ2) is 15.1. The van der Waals surface area contributed by atoms with Crippen LogP contribution in [-0.4, -0.2) is 5.97 Å². The number of carbonyl (C=O) groups is 1. The molecule has 2 heteroatoms. The smallest absolute Gasteiger partial charge is 0.311 e. The summed E-state index contributed by atoms with van der Waals surface area (Å²) in [4.78, 5) is 12.0. The highest BCUT2D eigenvalue weighted by atomic mass is 16.5. The maximum atomic E-state index is 12.0. The molecule has 0 saturated heterocycles. The molecule has 192 valence electrons. The molecule has 0 heterocycles. The molecular weight excluding hydrogens is 428 g/mol. The van der Waals surface area contributed by atoms with Crippen molar-refractivity contribution >= 4 is 5.97 Å². The van der Waals surface area contributed by atoms with E-state index < -0.39 is 0 Å². The molecule has 0 radical (unpaired) electrons. The van der Waals surface area contributed by atoms with Crippen molar-refractivity contribution in [2.75, 3.05) is 0 Å². The lowest BCUT2D eigenvalue weighted by molar-refractivity contribution is -0.134. The van der Waals surface area contributed by atoms with E-state index >= 15 is 0 Å². The predicted molar refractivity (Wildman–Crippen MR) is 149 cm³/mol. The molecule has 1 saturated carbocycles. The summed E-state index contributed by atoms with van der Waals surface area (Å²) >= 11 is 0. The van der Waals surface area contributed by atoms with E-state index in [4.69, 9.17) is 4.74 Å². The quantitative estimate of drug-likeness (QED) is 0.154. The van der Waals surface area contributed by atoms with Crippen molar-refractivity contribution in [3.05, 3.63) is 54.1 Å². The first-order chi connectivity index (χ1) is 17.1. The standard InChI is InChI=1S/C33H48O2/c1-4-7-9-10-12-33(34)35-32-23-21-31(22-24-32)30-19-17-29(18-20-30)28-15-13-27(14-16-28)25-26(6-3)11-8-5-2/h17-24,26-28H,4-16,25H2,1-3H3. The number of esters is 1. The van der Waals surface area contributed by atoms with Crippen molar-refractivity contribution in [1.29, 1.82) is 0 Å². The summed E-state index contributed by atoms with van der Waals surface area (Å²) in [6, 6.07) is 17.1. The molecule has 0 aromatic heterocycles. The maximum Gasteiger partial charge on any atom is 0.311 e. The summed E-state index contributed by atoms with van der Waals surface area (Å²) in [6.45, 7) is 6.87. The molecule has 1 fully saturated rings. The van der Waals surface area contributed by atoms with E-state index in [0.717, 1.165) is 30.6 Å². The third kappa shape index (κ3) is 9.13. The van der Waals surface area contributed by atoms with Crippen molar-refractivity contribution in [2.45, 2.75) is 117 Å². The van der Waals surface area contributed by atoms with Crippen LogP contribution in [0.2, 0.25) is 0 Å². The Balaban J connectivity index is 1.46. The van der Waals surface area contributed by atoms with Crippen LogP contribution >= 0.6 is 0 Å². The Bertz CT molecular complexity index is 844. The largest absolute Gasteiger partial charge is 0.427 e. The minimum atomic E-state index is -0.126. The van der Waals surface area contributed by atoms with Crippen LogP contribution in [0.25, 0.3) is 11.1 Å². The van der Waals surface area contributed by atoms with Crippen LogP contribution in [0.15, 0.2) is 48.5 Å². The maximum absolute atomic E-state index is 12.0. The van der Waals surface area contributed by atoms with E-state index in [-0.39, 0.29) is 5.97 Å². The van der Waals surface area contributed by atoms with E-state index in [1.165, 1.54) is 87.3 Å². The number of hydrogen-bond acceptors (Lipinski definition) is 2. The third-order valence-corrected chi connectivity index (χ3v) is 8.09. The fourth-order valence-corrected chi connectivity index (χ4v) is 5.73. The molecule has 0 amide bonds. The van der Waals surface area contributed by atoms with Crippen LogP contribution in [0.1, 0.15) is 122 Å². The minimum absolute atomic E-state index is 0.126. The number of benzene rings is 2. The topological polar surface area (TPSA) is 26.3 Å². The van der Waals surface area contributed by atoms with Gasteiger partial charge < -0.3 is 4.74 Å². The monoisotopic (exact) mass is 476 g/mol. The summed E-state index contributed by atoms with van der Waals surface area (Å²) in [6.07, 6.45) is 17.3. The Labute approximate surface area is 214 Å². The summed E-state index contributed by atoms with van der Waals surface area (Å²) in [5, 5.41) is 0. The van der Waals surface area contributed by atoms with Crippen molar-refractivity contribution < 1.29 is 9.53 Å². The molecule has 0 bridgehead atoms. The lowest BCUT2D eigenvalue weighted by atomic mass is 9.74. The third-order valence-electron chi connectivity index (χ3n) is 8.09. The Morgan fingerprint density at radius 3 is 2.03 bits per heavy atom. The molecule has 0 aliphatic heterocycles. The van der Waals surface area contributed by atoms with E-state index in [2.05, 4.69) is 57.2 Å². The second-order valence-electron chi connectivity index (χ2n) is 10.8. The van der Waals surface area contributed by atoms with Crippen LogP contribution in [0, 0.1) is 11.8 Å². The predicted octanol–water partition coefficient (Wildman–Crippen LogP) is 10.1. The first-order valence-electron chi connectivity index (χ1n) is 14.5. The zero-order chi connectivity index (χ0) is 24.9. The molecule has 3 rings (SSSR count). The molecule has 0 spiro atoms. The van der Waals surface area contributed by atoms with Crippen molar-refractivity contribution in [3.8, 4) is 16.9 Å². The normalized spacial score (nSPS) is 18.8. The fourth-order valence-electron chi connectivity index (χ4n) is 5.73. The average Bonchev–Trinajstić information content (AvgIpc) is 2.90. The molecule has 0 N–H and O–H groups in total. The van der Waals surface area contributed by atoms with Gasteiger partial charge >= 0.3 is 5.97 Å². The highest BCUT2D eigenvalue weighted by molar-refractivity contribution is 5.73. The van der Waals surface area contributed by atoms with Gasteiger partial charge in [-0.1, -0.05) is 102 Å². The van der Waals surface area contributed by atoms with Crippen LogP contribution in [0.5, 0.6) is 5.75 Å². The van der Waals surface area contributed by atoms with Gasteiger partial charge in [0.05, 0.1) is 0 Å². The van der Waals surface area contributed by atoms with Gasteiger partial charge in [0.2, 0.25) is 0 Å². The summed E-state index contributed by atoms with van der Waals surface area (Å²) in [5.74, 6) is 3.12. The molecule has 2 aromatic carbocycles. The summed E-state index contributed by atoms with van der Waals surface area (Å²) in [7, 11) is 0. The van der Waals surface area contributed by atoms with Crippen LogP contribution in [0.3, 0.4) is 0 Å². The van der Waals surface area contributed by atoms with Crippen LogP contribution in [-0.2, 0) is 4.79 Å². The van der Waals surface area contributed by atoms with E-state index in [1.807, 2.05) is 12.1 Å². The zero-order valence-corrected chi connectivity index (χ0v) is 22.6. The van der Waals surface area contributed by atoms with Crippen molar-refractivity contribution in [2.24, 2.45) is 11.8 Å². The van der Waals surface area contributed by atoms with Gasteiger partial charge in [0.1, 0.15) is 5.75 Å². The molecule has 1 aliphatic rings. The SMILES string of the molecule is CCCCCCC(=O)Oc1ccc(-c2ccc(C3CCC(CC(CC)CCCC)CC3)cc2)cc1. The first kappa shape index (κ1) is 27.5. The lowest BCUT2D eigenvalue weighted by Crippen LogP contribution is -2.16. The average molecular weight is 477 g/mol. The number of unbranched alkanes of at least 4 members (excludes halogenated alkanes) is 4. The van der Waals surface area contributed by atoms with Crippen LogP contribution in [0.4, 0.5) is 0 Å². The highest BCUT2D eigenvalue weighted by Crippen LogP contribution is 2.39. The van der Waals surface area contributed by atoms with Gasteiger partial charge in [0, 0.05) is 6.42 Å². The van der Waals surface area contributed by atoms with Gasteiger partial charge in [-0.05, 0) is 85.1 Å². The lowest BCUT2D eigenvalue weighted by Gasteiger charge is -2.31. The second-order valence-corrected chi connectivity index (χ2v) is 10.8. The molecule has 1 atom stereocenters. The van der Waals surface area contributed by atoms with E-state index in [0.29, 0.717) is 12.2 Å². The van der Waals surface area contributed by atoms with Gasteiger partial charge in [0.25, 0.3) is 0 Å². The van der Waals surface area contributed by atoms with Gasteiger partial charge in [-0.3, -0.25) is 4.79 Å². The van der Waals surface area contributed by atoms with Gasteiger partial charge in [-0.2, -0.15) is 0 Å². The molecule has 1 unspecified atom stereocenters. The molecule has 1 aliphatic carbocycles. The zero-order valence-electron chi connectivity index (χ0n) is 22.6. The summed E-state index contributed by atoms with van der Waals surface area (Å²) < 4.78 is 5.50. The Hall–Kier alpha value is -2.09. The van der Waals surface area contributed by atoms with E-state index in [9.17, 15) is 4.79 Å². The van der Waals surface area contributed by atoms with Crippen LogP contribution < -0.4 is 4.74 Å². The molecule has 35 heavy (non-hydrogen) atoms. The molecule has 2 aromatic rings. The fraction of sp³-hybridized carbons (Fsp3) is 0.606. The Kier molecular flexibility index (Phi) is 11.9. The summed E-state index contributed by atoms with van der Waals surface area (Å²) in [5.41, 5.74) is 3.89. The van der Waals surface area contributed by atoms with Gasteiger partial charge in [-0.15, -0.1) is 0 Å². The number of carbonyl (C=O) groups excluding carboxylic acids is 1. The minimum Gasteiger partial charge on any atom is -0.427 e. The van der Waals surface area contributed by atoms with Crippen molar-refractivity contribution in [1.82, 2.24) is 0 Å². The van der Waals surface area contributed by atoms with Crippen molar-refractivity contribution in [3.63, 3.8) is 0 Å². The Morgan fingerprint density at radius 2 is 1.43 bits per heavy atom. The van der Waals surface area contributed by atoms with Gasteiger partial charge in [-0.25, -0.2) is 0 Å². The molecule has 2 nitrogen and oxygen atoms in total. The number of ether oxygens (including phenoxy) is 1.